The highest BCUT2D eigenvalue weighted by molar-refractivity contribution is 9.10. The normalized spacial score (nSPS) is 11.3. The number of nitrogens with zero attached hydrogens (tertiary/aromatic N) is 6. The van der Waals surface area contributed by atoms with E-state index in [2.05, 4.69) is 69.9 Å². The number of amides is 1. The van der Waals surface area contributed by atoms with Crippen molar-refractivity contribution in [2.24, 2.45) is 5.10 Å². The summed E-state index contributed by atoms with van der Waals surface area (Å²) >= 11 is 3.57. The minimum Gasteiger partial charge on any atom is -0.493 e. The van der Waals surface area contributed by atoms with E-state index in [1.807, 2.05) is 37.3 Å². The van der Waals surface area contributed by atoms with Gasteiger partial charge >= 0.3 is 0 Å². The number of anilines is 1. The maximum Gasteiger partial charge on any atom is 0.292 e. The van der Waals surface area contributed by atoms with Gasteiger partial charge in [-0.1, -0.05) is 47.7 Å². The molecule has 12 nitrogen and oxygen atoms in total. The van der Waals surface area contributed by atoms with Gasteiger partial charge in [0.05, 0.1) is 24.1 Å². The van der Waals surface area contributed by atoms with Gasteiger partial charge in [-0.3, -0.25) is 4.79 Å². The molecule has 3 N–H and O–H groups in total. The third-order valence-electron chi connectivity index (χ3n) is 5.75. The number of carbonyl (C=O) groups is 1. The summed E-state index contributed by atoms with van der Waals surface area (Å²) in [4.78, 5) is 12.9. The lowest BCUT2D eigenvalue weighted by Crippen LogP contribution is -2.23. The van der Waals surface area contributed by atoms with Crippen LogP contribution in [0.4, 0.5) is 5.82 Å². The average Bonchev–Trinajstić information content (AvgIpc) is 3.53. The predicted molar refractivity (Wildman–Crippen MR) is 147 cm³/mol. The smallest absolute Gasteiger partial charge is 0.292 e. The average molecular weight is 591 g/mol. The number of aromatic nitrogens is 5. The number of fused-ring (bicyclic) bond motifs is 1. The second kappa shape index (κ2) is 11.3. The zero-order chi connectivity index (χ0) is 27.4. The van der Waals surface area contributed by atoms with Gasteiger partial charge in [-0.15, -0.1) is 5.10 Å². The molecule has 2 heterocycles. The first-order valence-corrected chi connectivity index (χ1v) is 12.7. The maximum absolute atomic E-state index is 12.9. The van der Waals surface area contributed by atoms with E-state index in [0.29, 0.717) is 40.4 Å². The molecule has 0 saturated carbocycles. The fraction of sp³-hybridized carbons (Fsp3) is 0.154. The van der Waals surface area contributed by atoms with Crippen molar-refractivity contribution in [3.8, 4) is 17.3 Å². The summed E-state index contributed by atoms with van der Waals surface area (Å²) in [6.45, 7) is 4.30. The second-order valence-electron chi connectivity index (χ2n) is 8.28. The third kappa shape index (κ3) is 5.43. The van der Waals surface area contributed by atoms with Crippen LogP contribution in [0, 0.1) is 6.92 Å². The molecular formula is C26H23BrN8O4. The van der Waals surface area contributed by atoms with E-state index in [1.165, 1.54) is 6.21 Å². The summed E-state index contributed by atoms with van der Waals surface area (Å²) in [7, 11) is 0. The van der Waals surface area contributed by atoms with Crippen molar-refractivity contribution in [3.63, 3.8) is 0 Å². The van der Waals surface area contributed by atoms with E-state index in [1.54, 1.807) is 13.0 Å². The number of nitrogens with two attached hydrogens (primary N) is 1. The fourth-order valence-corrected chi connectivity index (χ4v) is 4.47. The van der Waals surface area contributed by atoms with Crippen LogP contribution < -0.4 is 20.6 Å². The number of benzene rings is 3. The number of rotatable bonds is 9. The van der Waals surface area contributed by atoms with Crippen LogP contribution in [0.15, 0.2) is 68.8 Å². The summed E-state index contributed by atoms with van der Waals surface area (Å²) < 4.78 is 18.4. The van der Waals surface area contributed by atoms with E-state index < -0.39 is 5.91 Å². The Balaban J connectivity index is 1.34. The van der Waals surface area contributed by atoms with E-state index in [0.717, 1.165) is 21.0 Å². The standard InChI is InChI=1S/C26H23BrN8O4/c1-3-37-22-12-18(38-14-17-9-6-8-16-7-4-5-10-19(16)17)11-21(27)20(22)13-29-31-26(36)23-15(2)30-34-35(23)25-24(28)32-39-33-25/h4-13H,3,14H2,1-2H3,(H2,28,32)(H,31,36)/b29-13+. The largest absolute Gasteiger partial charge is 0.493 e. The monoisotopic (exact) mass is 590 g/mol. The molecule has 0 unspecified atom stereocenters. The first-order valence-electron chi connectivity index (χ1n) is 11.9. The Labute approximate surface area is 230 Å². The molecule has 0 spiro atoms. The van der Waals surface area contributed by atoms with Crippen molar-refractivity contribution in [2.45, 2.75) is 20.5 Å². The molecule has 1 amide bonds. The van der Waals surface area contributed by atoms with Gasteiger partial charge in [0.2, 0.25) is 11.6 Å². The number of ether oxygens (including phenoxy) is 2. The second-order valence-corrected chi connectivity index (χ2v) is 9.14. The van der Waals surface area contributed by atoms with Crippen molar-refractivity contribution in [1.29, 1.82) is 0 Å². The Morgan fingerprint density at radius 2 is 2.00 bits per heavy atom. The first kappa shape index (κ1) is 25.9. The molecule has 5 rings (SSSR count). The van der Waals surface area contributed by atoms with Crippen LogP contribution in [0.1, 0.15) is 34.2 Å². The molecule has 13 heteroatoms. The van der Waals surface area contributed by atoms with Gasteiger partial charge in [-0.25, -0.2) is 10.1 Å². The SMILES string of the molecule is CCOc1cc(OCc2cccc3ccccc23)cc(Br)c1/C=N/NC(=O)c1c(C)nnn1-c1nonc1N. The zero-order valence-electron chi connectivity index (χ0n) is 21.0. The van der Waals surface area contributed by atoms with E-state index in [9.17, 15) is 4.79 Å². The van der Waals surface area contributed by atoms with E-state index in [4.69, 9.17) is 15.2 Å². The highest BCUT2D eigenvalue weighted by Crippen LogP contribution is 2.32. The zero-order valence-corrected chi connectivity index (χ0v) is 22.5. The molecular weight excluding hydrogens is 568 g/mol. The van der Waals surface area contributed by atoms with Crippen LogP contribution in [-0.4, -0.2) is 44.0 Å². The molecule has 0 saturated heterocycles. The van der Waals surface area contributed by atoms with Crippen LogP contribution >= 0.6 is 15.9 Å². The summed E-state index contributed by atoms with van der Waals surface area (Å²) in [6, 6.07) is 17.9. The summed E-state index contributed by atoms with van der Waals surface area (Å²) in [5.41, 5.74) is 10.3. The molecule has 0 aliphatic rings. The number of carbonyl (C=O) groups excluding carboxylic acids is 1. The molecule has 39 heavy (non-hydrogen) atoms. The van der Waals surface area contributed by atoms with Crippen LogP contribution in [0.2, 0.25) is 0 Å². The Morgan fingerprint density at radius 1 is 1.18 bits per heavy atom. The van der Waals surface area contributed by atoms with Gasteiger partial charge in [0.15, 0.2) is 5.69 Å². The maximum atomic E-state index is 12.9. The van der Waals surface area contributed by atoms with Gasteiger partial charge in [0.25, 0.3) is 5.91 Å². The highest BCUT2D eigenvalue weighted by atomic mass is 79.9. The molecule has 0 atom stereocenters. The molecule has 0 radical (unpaired) electrons. The number of halogens is 1. The van der Waals surface area contributed by atoms with Crippen LogP contribution in [0.3, 0.4) is 0 Å². The number of nitrogens with one attached hydrogen (secondary N) is 1. The van der Waals surface area contributed by atoms with Gasteiger partial charge in [-0.05, 0) is 62.5 Å². The lowest BCUT2D eigenvalue weighted by atomic mass is 10.1. The van der Waals surface area contributed by atoms with Crippen molar-refractivity contribution in [2.75, 3.05) is 12.3 Å². The van der Waals surface area contributed by atoms with E-state index >= 15 is 0 Å². The minimum atomic E-state index is -0.583. The molecule has 0 bridgehead atoms. The number of hydrazone groups is 1. The van der Waals surface area contributed by atoms with Crippen LogP contribution in [0.25, 0.3) is 16.6 Å². The van der Waals surface area contributed by atoms with E-state index in [-0.39, 0.29) is 17.3 Å². The number of nitrogen functional groups attached to an aromatic ring is 1. The summed E-state index contributed by atoms with van der Waals surface area (Å²) in [5, 5.41) is 21.4. The fourth-order valence-electron chi connectivity index (χ4n) is 3.94. The molecule has 3 aromatic carbocycles. The Morgan fingerprint density at radius 3 is 2.79 bits per heavy atom. The van der Waals surface area contributed by atoms with Gasteiger partial charge in [0.1, 0.15) is 18.1 Å². The number of hydrogen-bond acceptors (Lipinski definition) is 10. The summed E-state index contributed by atoms with van der Waals surface area (Å²) in [5.74, 6) is 0.571. The predicted octanol–water partition coefficient (Wildman–Crippen LogP) is 4.20. The van der Waals surface area contributed by atoms with Crippen molar-refractivity contribution >= 4 is 44.6 Å². The molecule has 198 valence electrons. The first-order chi connectivity index (χ1) is 19.0. The molecule has 0 aliphatic heterocycles. The Bertz CT molecular complexity index is 1670. The number of hydrogen-bond donors (Lipinski definition) is 2. The molecule has 0 aliphatic carbocycles. The highest BCUT2D eigenvalue weighted by Gasteiger charge is 2.23. The van der Waals surface area contributed by atoms with Gasteiger partial charge in [-0.2, -0.15) is 9.78 Å². The van der Waals surface area contributed by atoms with Crippen molar-refractivity contribution in [3.05, 3.63) is 81.6 Å². The summed E-state index contributed by atoms with van der Waals surface area (Å²) in [6.07, 6.45) is 1.47. The molecule has 5 aromatic rings. The van der Waals surface area contributed by atoms with Gasteiger partial charge < -0.3 is 15.2 Å². The Kier molecular flexibility index (Phi) is 7.50. The molecule has 2 aromatic heterocycles. The van der Waals surface area contributed by atoms with Crippen LogP contribution in [-0.2, 0) is 6.61 Å². The third-order valence-corrected chi connectivity index (χ3v) is 6.40. The lowest BCUT2D eigenvalue weighted by Gasteiger charge is -2.14. The number of aryl methyl sites for hydroxylation is 1. The van der Waals surface area contributed by atoms with Crippen molar-refractivity contribution in [1.82, 2.24) is 30.7 Å². The topological polar surface area (TPSA) is 156 Å². The Hall–Kier alpha value is -4.78. The van der Waals surface area contributed by atoms with Crippen molar-refractivity contribution < 1.29 is 18.9 Å². The lowest BCUT2D eigenvalue weighted by molar-refractivity contribution is 0.0946. The van der Waals surface area contributed by atoms with Gasteiger partial charge in [0, 0.05) is 10.5 Å². The molecule has 0 fully saturated rings. The quantitative estimate of drug-likeness (QED) is 0.190. The van der Waals surface area contributed by atoms with Crippen LogP contribution in [0.5, 0.6) is 11.5 Å². The minimum absolute atomic E-state index is 0.0366.